The predicted molar refractivity (Wildman–Crippen MR) is 135 cm³/mol. The van der Waals surface area contributed by atoms with E-state index in [1.165, 1.54) is 6.39 Å². The number of para-hydroxylation sites is 1. The number of benzene rings is 2. The Morgan fingerprint density at radius 3 is 2.20 bits per heavy atom. The van der Waals surface area contributed by atoms with Gasteiger partial charge in [-0.15, -0.1) is 0 Å². The zero-order chi connectivity index (χ0) is 23.5. The summed E-state index contributed by atoms with van der Waals surface area (Å²) in [5.74, 6) is 1.16. The van der Waals surface area contributed by atoms with E-state index in [1.54, 1.807) is 6.20 Å². The van der Waals surface area contributed by atoms with E-state index in [1.807, 2.05) is 24.3 Å². The first-order valence-electron chi connectivity index (χ1n) is 11.8. The van der Waals surface area contributed by atoms with Crippen molar-refractivity contribution in [1.29, 1.82) is 0 Å². The molecule has 0 aliphatic carbocycles. The highest BCUT2D eigenvalue weighted by Crippen LogP contribution is 2.31. The summed E-state index contributed by atoms with van der Waals surface area (Å²) in [6.45, 7) is 6.42. The van der Waals surface area contributed by atoms with E-state index in [0.717, 1.165) is 80.9 Å². The Balaban J connectivity index is 1.27. The molecule has 2 fully saturated rings. The standard InChI is InChI=1S/C25H27N7O3/c1-2-21-24(35-17-27-21)22(3-1)29-23-4-5-26-25(30-23)28-18-14-19(31-6-10-33-11-7-31)16-20(15-18)32-8-12-34-13-9-32/h1-5,14-17H,6-13H2,(H2,26,28,29,30). The van der Waals surface area contributed by atoms with E-state index in [9.17, 15) is 0 Å². The first-order valence-corrected chi connectivity index (χ1v) is 11.8. The second kappa shape index (κ2) is 9.77. The molecule has 2 aromatic carbocycles. The molecule has 35 heavy (non-hydrogen) atoms. The first kappa shape index (κ1) is 21.6. The molecule has 2 aliphatic heterocycles. The smallest absolute Gasteiger partial charge is 0.229 e. The summed E-state index contributed by atoms with van der Waals surface area (Å²) in [5.41, 5.74) is 5.53. The number of anilines is 6. The molecule has 0 saturated carbocycles. The second-order valence-electron chi connectivity index (χ2n) is 8.46. The van der Waals surface area contributed by atoms with Gasteiger partial charge in [-0.1, -0.05) is 6.07 Å². The third-order valence-corrected chi connectivity index (χ3v) is 6.19. The summed E-state index contributed by atoms with van der Waals surface area (Å²) in [6, 6.07) is 14.1. The Bertz CT molecular complexity index is 1260. The van der Waals surface area contributed by atoms with Gasteiger partial charge in [-0.25, -0.2) is 9.97 Å². The second-order valence-corrected chi connectivity index (χ2v) is 8.46. The summed E-state index contributed by atoms with van der Waals surface area (Å²) < 4.78 is 16.6. The van der Waals surface area contributed by atoms with Crippen LogP contribution in [0.5, 0.6) is 0 Å². The number of fused-ring (bicyclic) bond motifs is 1. The molecule has 2 aliphatic rings. The molecule has 0 amide bonds. The van der Waals surface area contributed by atoms with Crippen LogP contribution in [0.3, 0.4) is 0 Å². The highest BCUT2D eigenvalue weighted by molar-refractivity contribution is 5.87. The molecular formula is C25H27N7O3. The van der Waals surface area contributed by atoms with Crippen LogP contribution in [-0.4, -0.2) is 67.6 Å². The van der Waals surface area contributed by atoms with Crippen LogP contribution in [0.2, 0.25) is 0 Å². The van der Waals surface area contributed by atoms with Crippen LogP contribution in [0.4, 0.5) is 34.5 Å². The fourth-order valence-electron chi connectivity index (χ4n) is 4.42. The van der Waals surface area contributed by atoms with Crippen molar-refractivity contribution in [3.8, 4) is 0 Å². The van der Waals surface area contributed by atoms with Crippen LogP contribution < -0.4 is 20.4 Å². The van der Waals surface area contributed by atoms with E-state index >= 15 is 0 Å². The number of ether oxygens (including phenoxy) is 2. The average Bonchev–Trinajstić information content (AvgIpc) is 3.40. The number of morpholine rings is 2. The number of rotatable bonds is 6. The molecule has 4 heterocycles. The van der Waals surface area contributed by atoms with Gasteiger partial charge in [0.15, 0.2) is 12.0 Å². The summed E-state index contributed by atoms with van der Waals surface area (Å²) in [5, 5.41) is 6.72. The van der Waals surface area contributed by atoms with Gasteiger partial charge in [0, 0.05) is 49.4 Å². The van der Waals surface area contributed by atoms with Gasteiger partial charge in [0.1, 0.15) is 11.3 Å². The Hall–Kier alpha value is -3.89. The van der Waals surface area contributed by atoms with Crippen LogP contribution in [-0.2, 0) is 9.47 Å². The third-order valence-electron chi connectivity index (χ3n) is 6.19. The van der Waals surface area contributed by atoms with Gasteiger partial charge >= 0.3 is 0 Å². The van der Waals surface area contributed by atoms with E-state index in [0.29, 0.717) is 17.3 Å². The van der Waals surface area contributed by atoms with Crippen LogP contribution in [0, 0.1) is 0 Å². The molecule has 2 aromatic heterocycles. The zero-order valence-corrected chi connectivity index (χ0v) is 19.3. The maximum absolute atomic E-state index is 5.56. The van der Waals surface area contributed by atoms with Gasteiger partial charge in [-0.05, 0) is 36.4 Å². The minimum absolute atomic E-state index is 0.506. The fourth-order valence-corrected chi connectivity index (χ4v) is 4.42. The van der Waals surface area contributed by atoms with Gasteiger partial charge in [0.05, 0.1) is 32.1 Å². The van der Waals surface area contributed by atoms with E-state index in [-0.39, 0.29) is 0 Å². The lowest BCUT2D eigenvalue weighted by molar-refractivity contribution is 0.122. The maximum atomic E-state index is 5.56. The Labute approximate surface area is 202 Å². The highest BCUT2D eigenvalue weighted by atomic mass is 16.5. The molecule has 6 rings (SSSR count). The molecule has 180 valence electrons. The van der Waals surface area contributed by atoms with E-state index in [2.05, 4.69) is 53.6 Å². The molecule has 0 atom stereocenters. The number of hydrogen-bond acceptors (Lipinski definition) is 10. The predicted octanol–water partition coefficient (Wildman–Crippen LogP) is 3.78. The molecule has 0 radical (unpaired) electrons. The minimum Gasteiger partial charge on any atom is -0.441 e. The average molecular weight is 474 g/mol. The topological polar surface area (TPSA) is 101 Å². The minimum atomic E-state index is 0.506. The lowest BCUT2D eigenvalue weighted by Crippen LogP contribution is -2.38. The monoisotopic (exact) mass is 473 g/mol. The maximum Gasteiger partial charge on any atom is 0.229 e. The van der Waals surface area contributed by atoms with Gasteiger partial charge < -0.3 is 34.3 Å². The molecule has 0 unspecified atom stereocenters. The molecule has 10 heteroatoms. The first-order chi connectivity index (χ1) is 17.3. The van der Waals surface area contributed by atoms with Crippen molar-refractivity contribution in [2.45, 2.75) is 0 Å². The molecule has 4 aromatic rings. The van der Waals surface area contributed by atoms with Gasteiger partial charge in [0.25, 0.3) is 0 Å². The number of aromatic nitrogens is 3. The Morgan fingerprint density at radius 2 is 1.49 bits per heavy atom. The lowest BCUT2D eigenvalue weighted by Gasteiger charge is -2.33. The van der Waals surface area contributed by atoms with Crippen molar-refractivity contribution in [3.05, 3.63) is 55.1 Å². The van der Waals surface area contributed by atoms with Crippen LogP contribution >= 0.6 is 0 Å². The van der Waals surface area contributed by atoms with Crippen molar-refractivity contribution in [2.75, 3.05) is 73.0 Å². The van der Waals surface area contributed by atoms with Crippen molar-refractivity contribution in [3.63, 3.8) is 0 Å². The van der Waals surface area contributed by atoms with Crippen molar-refractivity contribution < 1.29 is 13.9 Å². The van der Waals surface area contributed by atoms with Crippen LogP contribution in [0.15, 0.2) is 59.5 Å². The summed E-state index contributed by atoms with van der Waals surface area (Å²) >= 11 is 0. The molecular weight excluding hydrogens is 446 g/mol. The molecule has 10 nitrogen and oxygen atoms in total. The SMILES string of the molecule is c1cc(Nc2ccnc(Nc3cc(N4CCOCC4)cc(N4CCOCC4)c3)n2)c2ocnc2c1. The van der Waals surface area contributed by atoms with Crippen molar-refractivity contribution in [2.24, 2.45) is 0 Å². The fraction of sp³-hybridized carbons (Fsp3) is 0.320. The normalized spacial score (nSPS) is 16.5. The highest BCUT2D eigenvalue weighted by Gasteiger charge is 2.17. The summed E-state index contributed by atoms with van der Waals surface area (Å²) in [4.78, 5) is 18.0. The van der Waals surface area contributed by atoms with Gasteiger partial charge in [-0.2, -0.15) is 4.98 Å². The third kappa shape index (κ3) is 4.84. The van der Waals surface area contributed by atoms with Crippen molar-refractivity contribution >= 4 is 45.6 Å². The number of nitrogens with zero attached hydrogens (tertiary/aromatic N) is 5. The summed E-state index contributed by atoms with van der Waals surface area (Å²) in [7, 11) is 0. The van der Waals surface area contributed by atoms with E-state index < -0.39 is 0 Å². The number of oxazole rings is 1. The molecule has 0 spiro atoms. The quantitative estimate of drug-likeness (QED) is 0.430. The van der Waals surface area contributed by atoms with Gasteiger partial charge in [-0.3, -0.25) is 0 Å². The van der Waals surface area contributed by atoms with Crippen LogP contribution in [0.1, 0.15) is 0 Å². The Morgan fingerprint density at radius 1 is 0.771 bits per heavy atom. The van der Waals surface area contributed by atoms with Crippen molar-refractivity contribution in [1.82, 2.24) is 15.0 Å². The van der Waals surface area contributed by atoms with E-state index in [4.69, 9.17) is 13.9 Å². The van der Waals surface area contributed by atoms with Gasteiger partial charge in [0.2, 0.25) is 5.95 Å². The molecule has 2 N–H and O–H groups in total. The molecule has 0 bridgehead atoms. The summed E-state index contributed by atoms with van der Waals surface area (Å²) in [6.07, 6.45) is 3.17. The number of nitrogens with one attached hydrogen (secondary N) is 2. The Kier molecular flexibility index (Phi) is 6.04. The van der Waals surface area contributed by atoms with Crippen LogP contribution in [0.25, 0.3) is 11.1 Å². The largest absolute Gasteiger partial charge is 0.441 e. The number of hydrogen-bond donors (Lipinski definition) is 2. The molecule has 2 saturated heterocycles. The zero-order valence-electron chi connectivity index (χ0n) is 19.3. The lowest BCUT2D eigenvalue weighted by atomic mass is 10.2.